The van der Waals surface area contributed by atoms with Gasteiger partial charge in [-0.2, -0.15) is 11.3 Å². The van der Waals surface area contributed by atoms with Crippen LogP contribution >= 0.6 is 23.1 Å². The molecule has 1 N–H and O–H groups in total. The van der Waals surface area contributed by atoms with Crippen LogP contribution in [0.4, 0.5) is 5.69 Å². The average Bonchev–Trinajstić information content (AvgIpc) is 3.28. The number of aliphatic hydroxyl groups excluding tert-OH is 1. The molecule has 180 valence electrons. The second kappa shape index (κ2) is 9.25. The highest BCUT2D eigenvalue weighted by molar-refractivity contribution is 8.01. The molecule has 3 heterocycles. The minimum Gasteiger partial charge on any atom is -0.454 e. The number of anilines is 1. The lowest BCUT2D eigenvalue weighted by Crippen LogP contribution is -2.80. The van der Waals surface area contributed by atoms with Gasteiger partial charge in [-0.05, 0) is 42.9 Å². The van der Waals surface area contributed by atoms with Gasteiger partial charge in [-0.25, -0.2) is 0 Å². The van der Waals surface area contributed by atoms with E-state index in [0.717, 1.165) is 11.8 Å². The fourth-order valence-corrected chi connectivity index (χ4v) is 6.05. The Bertz CT molecular complexity index is 974. The van der Waals surface area contributed by atoms with E-state index >= 15 is 0 Å². The third-order valence-corrected chi connectivity index (χ3v) is 7.96. The van der Waals surface area contributed by atoms with Gasteiger partial charge < -0.3 is 14.6 Å². The van der Waals surface area contributed by atoms with E-state index in [2.05, 4.69) is 6.58 Å². The first-order chi connectivity index (χ1) is 15.4. The largest absolute Gasteiger partial charge is 0.454 e. The lowest BCUT2D eigenvalue weighted by molar-refractivity contribution is -0.182. The highest BCUT2D eigenvalue weighted by atomic mass is 32.2. The van der Waals surface area contributed by atoms with Gasteiger partial charge in [-0.3, -0.25) is 24.2 Å². The van der Waals surface area contributed by atoms with Crippen molar-refractivity contribution in [2.24, 2.45) is 5.92 Å². The summed E-state index contributed by atoms with van der Waals surface area (Å²) in [6, 6.07) is 1.73. The van der Waals surface area contributed by atoms with Gasteiger partial charge in [0, 0.05) is 25.6 Å². The van der Waals surface area contributed by atoms with Crippen molar-refractivity contribution in [3.8, 4) is 0 Å². The molecule has 2 aliphatic heterocycles. The van der Waals surface area contributed by atoms with Crippen molar-refractivity contribution in [3.63, 3.8) is 0 Å². The molecule has 0 aromatic carbocycles. The summed E-state index contributed by atoms with van der Waals surface area (Å²) >= 11 is 2.51. The molecule has 0 saturated carbocycles. The first-order valence-corrected chi connectivity index (χ1v) is 12.4. The molecule has 1 fully saturated rings. The maximum atomic E-state index is 13.4. The topological polar surface area (TPSA) is 96.4 Å². The normalized spacial score (nSPS) is 25.6. The molecule has 4 atom stereocenters. The summed E-state index contributed by atoms with van der Waals surface area (Å²) in [4.78, 5) is 42.1. The van der Waals surface area contributed by atoms with Gasteiger partial charge in [0.25, 0.3) is 11.6 Å². The highest BCUT2D eigenvalue weighted by Crippen LogP contribution is 2.51. The third-order valence-electron chi connectivity index (χ3n) is 5.75. The Morgan fingerprint density at radius 2 is 2.06 bits per heavy atom. The van der Waals surface area contributed by atoms with Crippen LogP contribution in [-0.4, -0.2) is 63.0 Å². The second-order valence-electron chi connectivity index (χ2n) is 8.86. The number of ether oxygens (including phenoxy) is 2. The van der Waals surface area contributed by atoms with Crippen molar-refractivity contribution < 1.29 is 29.0 Å². The Balaban J connectivity index is 2.07. The SMILES string of the molecule is C=CC(C)(C)OC(=O)C1S[C@H]2N(C=C1C(O)C(C)C)C(=O)C2(OC)N(C(C)=O)c1ccsc1. The lowest BCUT2D eigenvalue weighted by atomic mass is 9.93. The summed E-state index contributed by atoms with van der Waals surface area (Å²) in [5.41, 5.74) is -1.64. The number of amides is 2. The molecule has 2 amide bonds. The Kier molecular flexibility index (Phi) is 7.14. The third kappa shape index (κ3) is 4.25. The highest BCUT2D eigenvalue weighted by Gasteiger charge is 2.69. The number of carbonyl (C=O) groups excluding carboxylic acids is 3. The number of rotatable bonds is 8. The zero-order valence-electron chi connectivity index (χ0n) is 19.6. The van der Waals surface area contributed by atoms with Gasteiger partial charge in [0.1, 0.15) is 16.2 Å². The zero-order valence-corrected chi connectivity index (χ0v) is 21.2. The van der Waals surface area contributed by atoms with Crippen LogP contribution in [0.15, 0.2) is 41.3 Å². The number of nitrogens with zero attached hydrogens (tertiary/aromatic N) is 2. The van der Waals surface area contributed by atoms with E-state index in [4.69, 9.17) is 9.47 Å². The van der Waals surface area contributed by atoms with Gasteiger partial charge >= 0.3 is 5.97 Å². The molecule has 1 aromatic heterocycles. The Hall–Kier alpha value is -2.14. The van der Waals surface area contributed by atoms with Crippen LogP contribution in [0.2, 0.25) is 0 Å². The number of carbonyl (C=O) groups is 3. The van der Waals surface area contributed by atoms with Crippen molar-refractivity contribution in [2.45, 2.75) is 62.7 Å². The van der Waals surface area contributed by atoms with Crippen molar-refractivity contribution in [1.82, 2.24) is 4.90 Å². The predicted octanol–water partition coefficient (Wildman–Crippen LogP) is 3.14. The predicted molar refractivity (Wildman–Crippen MR) is 129 cm³/mol. The molecule has 3 rings (SSSR count). The molecule has 0 bridgehead atoms. The molecule has 1 saturated heterocycles. The van der Waals surface area contributed by atoms with Crippen molar-refractivity contribution in [1.29, 1.82) is 0 Å². The van der Waals surface area contributed by atoms with Crippen LogP contribution in [0, 0.1) is 5.92 Å². The number of hydrogen-bond acceptors (Lipinski definition) is 8. The van der Waals surface area contributed by atoms with E-state index in [1.807, 2.05) is 13.8 Å². The van der Waals surface area contributed by atoms with Gasteiger partial charge in [-0.15, -0.1) is 11.8 Å². The van der Waals surface area contributed by atoms with E-state index in [1.54, 1.807) is 30.7 Å². The minimum absolute atomic E-state index is 0.195. The minimum atomic E-state index is -1.63. The molecule has 8 nitrogen and oxygen atoms in total. The molecule has 2 aliphatic rings. The van der Waals surface area contributed by atoms with Crippen LogP contribution in [0.5, 0.6) is 0 Å². The molecule has 33 heavy (non-hydrogen) atoms. The molecule has 10 heteroatoms. The summed E-state index contributed by atoms with van der Waals surface area (Å²) in [6.45, 7) is 12.1. The second-order valence-corrected chi connectivity index (χ2v) is 10.8. The van der Waals surface area contributed by atoms with Crippen LogP contribution in [0.25, 0.3) is 0 Å². The lowest BCUT2D eigenvalue weighted by Gasteiger charge is -2.59. The monoisotopic (exact) mass is 494 g/mol. The first-order valence-electron chi connectivity index (χ1n) is 10.5. The summed E-state index contributed by atoms with van der Waals surface area (Å²) in [5.74, 6) is -1.58. The fourth-order valence-electron chi connectivity index (χ4n) is 3.88. The summed E-state index contributed by atoms with van der Waals surface area (Å²) in [6.07, 6.45) is 2.06. The maximum absolute atomic E-state index is 13.4. The molecule has 1 aromatic rings. The Morgan fingerprint density at radius 3 is 2.55 bits per heavy atom. The number of aliphatic hydroxyl groups is 1. The number of esters is 1. The van der Waals surface area contributed by atoms with E-state index in [0.29, 0.717) is 11.3 Å². The smallest absolute Gasteiger partial charge is 0.324 e. The zero-order chi connectivity index (χ0) is 24.7. The van der Waals surface area contributed by atoms with Crippen LogP contribution < -0.4 is 4.90 Å². The van der Waals surface area contributed by atoms with Gasteiger partial charge in [0.2, 0.25) is 5.91 Å². The summed E-state index contributed by atoms with van der Waals surface area (Å²) < 4.78 is 11.4. The van der Waals surface area contributed by atoms with Gasteiger partial charge in [0.05, 0.1) is 11.8 Å². The first kappa shape index (κ1) is 25.5. The standard InChI is InChI=1S/C23H30N2O6S2/c1-8-22(5,6)31-19(28)18-16(17(27)13(2)3)11-24-20(29)23(30-7,21(24)33-18)25(14(4)26)15-9-10-32-12-15/h8-13,17-18,21,27H,1H2,2-7H3/t17?,18?,21-,23?/m1/s1. The number of methoxy groups -OCH3 is 1. The van der Waals surface area contributed by atoms with E-state index in [-0.39, 0.29) is 11.8 Å². The summed E-state index contributed by atoms with van der Waals surface area (Å²) in [5, 5.41) is 12.8. The number of β-lactam (4-membered cyclic amide) rings is 1. The number of hydrogen-bond donors (Lipinski definition) is 1. The molecule has 0 radical (unpaired) electrons. The Labute approximate surface area is 202 Å². The van der Waals surface area contributed by atoms with E-state index in [9.17, 15) is 19.5 Å². The van der Waals surface area contributed by atoms with Crippen LogP contribution in [0.1, 0.15) is 34.6 Å². The molecule has 0 aliphatic carbocycles. The number of fused-ring (bicyclic) bond motifs is 1. The molecular weight excluding hydrogens is 464 g/mol. The number of thioether (sulfide) groups is 1. The van der Waals surface area contributed by atoms with Crippen molar-refractivity contribution >= 4 is 46.6 Å². The van der Waals surface area contributed by atoms with Crippen molar-refractivity contribution in [3.05, 3.63) is 41.3 Å². The van der Waals surface area contributed by atoms with Gasteiger partial charge in [-0.1, -0.05) is 20.4 Å². The summed E-state index contributed by atoms with van der Waals surface area (Å²) in [7, 11) is 1.37. The fraction of sp³-hybridized carbons (Fsp3) is 0.522. The Morgan fingerprint density at radius 1 is 1.39 bits per heavy atom. The van der Waals surface area contributed by atoms with Crippen molar-refractivity contribution in [2.75, 3.05) is 12.0 Å². The van der Waals surface area contributed by atoms with E-state index < -0.39 is 39.9 Å². The quantitative estimate of drug-likeness (QED) is 0.257. The van der Waals surface area contributed by atoms with Crippen LogP contribution in [-0.2, 0) is 23.9 Å². The number of thiophene rings is 1. The molecular formula is C23H30N2O6S2. The van der Waals surface area contributed by atoms with Gasteiger partial charge in [0.15, 0.2) is 0 Å². The van der Waals surface area contributed by atoms with Crippen LogP contribution in [0.3, 0.4) is 0 Å². The van der Waals surface area contributed by atoms with E-state index in [1.165, 1.54) is 47.4 Å². The maximum Gasteiger partial charge on any atom is 0.324 e. The molecule has 3 unspecified atom stereocenters. The molecule has 0 spiro atoms. The average molecular weight is 495 g/mol.